The predicted molar refractivity (Wildman–Crippen MR) is 75.2 cm³/mol. The number of esters is 1. The summed E-state index contributed by atoms with van der Waals surface area (Å²) >= 11 is 0. The summed E-state index contributed by atoms with van der Waals surface area (Å²) in [4.78, 5) is 21.9. The average Bonchev–Trinajstić information content (AvgIpc) is 2.52. The van der Waals surface area contributed by atoms with Crippen LogP contribution in [-0.2, 0) is 11.3 Å². The van der Waals surface area contributed by atoms with E-state index in [9.17, 15) is 14.9 Å². The minimum atomic E-state index is -0.632. The highest BCUT2D eigenvalue weighted by Crippen LogP contribution is 2.29. The fraction of sp³-hybridized carbons (Fsp3) is 0.133. The Bertz CT molecular complexity index is 654. The lowest BCUT2D eigenvalue weighted by Gasteiger charge is -2.08. The Morgan fingerprint density at radius 1 is 1.19 bits per heavy atom. The van der Waals surface area contributed by atoms with Crippen LogP contribution in [0.5, 0.6) is 5.75 Å². The number of rotatable bonds is 5. The topological polar surface area (TPSA) is 78.7 Å². The maximum atomic E-state index is 11.4. The third-order valence-electron chi connectivity index (χ3n) is 2.81. The number of nitrogens with zero attached hydrogens (tertiary/aromatic N) is 1. The summed E-state index contributed by atoms with van der Waals surface area (Å²) < 4.78 is 10.00. The van der Waals surface area contributed by atoms with Crippen LogP contribution in [0.4, 0.5) is 5.69 Å². The molecule has 0 bridgehead atoms. The van der Waals surface area contributed by atoms with Gasteiger partial charge in [0.15, 0.2) is 5.75 Å². The van der Waals surface area contributed by atoms with Crippen LogP contribution in [0.25, 0.3) is 0 Å². The number of nitro groups is 1. The minimum Gasteiger partial charge on any atom is -0.482 e. The molecule has 6 heteroatoms. The molecule has 2 aromatic rings. The fourth-order valence-corrected chi connectivity index (χ4v) is 1.76. The van der Waals surface area contributed by atoms with Gasteiger partial charge >= 0.3 is 11.7 Å². The zero-order valence-electron chi connectivity index (χ0n) is 11.3. The summed E-state index contributed by atoms with van der Waals surface area (Å²) in [6, 6.07) is 13.3. The quantitative estimate of drug-likeness (QED) is 0.480. The summed E-state index contributed by atoms with van der Waals surface area (Å²) in [6.45, 7) is 0.208. The van der Waals surface area contributed by atoms with Crippen LogP contribution in [0.15, 0.2) is 48.5 Å². The summed E-state index contributed by atoms with van der Waals surface area (Å²) in [7, 11) is 1.22. The fourth-order valence-electron chi connectivity index (χ4n) is 1.76. The van der Waals surface area contributed by atoms with Crippen LogP contribution >= 0.6 is 0 Å². The Morgan fingerprint density at radius 3 is 2.52 bits per heavy atom. The number of methoxy groups -OCH3 is 1. The monoisotopic (exact) mass is 287 g/mol. The lowest BCUT2D eigenvalue weighted by Crippen LogP contribution is -2.04. The van der Waals surface area contributed by atoms with Crippen molar-refractivity contribution in [3.05, 3.63) is 69.8 Å². The van der Waals surface area contributed by atoms with Crippen molar-refractivity contribution in [3.63, 3.8) is 0 Å². The van der Waals surface area contributed by atoms with E-state index in [1.807, 2.05) is 30.3 Å². The molecule has 2 aromatic carbocycles. The van der Waals surface area contributed by atoms with Gasteiger partial charge in [-0.15, -0.1) is 0 Å². The van der Waals surface area contributed by atoms with Gasteiger partial charge in [-0.25, -0.2) is 4.79 Å². The third kappa shape index (κ3) is 3.56. The van der Waals surface area contributed by atoms with E-state index in [1.54, 1.807) is 0 Å². The summed E-state index contributed by atoms with van der Waals surface area (Å²) in [6.07, 6.45) is 0. The molecule has 0 aliphatic heterocycles. The van der Waals surface area contributed by atoms with Gasteiger partial charge in [-0.3, -0.25) is 10.1 Å². The van der Waals surface area contributed by atoms with Crippen molar-refractivity contribution < 1.29 is 19.2 Å². The second-order valence-corrected chi connectivity index (χ2v) is 4.21. The molecule has 0 aliphatic carbocycles. The van der Waals surface area contributed by atoms with Crippen molar-refractivity contribution in [2.24, 2.45) is 0 Å². The van der Waals surface area contributed by atoms with Crippen LogP contribution in [0.2, 0.25) is 0 Å². The molecular weight excluding hydrogens is 274 g/mol. The summed E-state index contributed by atoms with van der Waals surface area (Å²) in [5.74, 6) is -0.524. The number of hydrogen-bond acceptors (Lipinski definition) is 5. The number of benzene rings is 2. The Kier molecular flexibility index (Phi) is 4.50. The van der Waals surface area contributed by atoms with E-state index in [0.29, 0.717) is 0 Å². The first-order valence-electron chi connectivity index (χ1n) is 6.15. The summed E-state index contributed by atoms with van der Waals surface area (Å²) in [5.41, 5.74) is 0.730. The molecule has 0 amide bonds. The molecule has 0 aromatic heterocycles. The van der Waals surface area contributed by atoms with Gasteiger partial charge in [0.2, 0.25) is 0 Å². The zero-order valence-corrected chi connectivity index (χ0v) is 11.3. The van der Waals surface area contributed by atoms with E-state index in [4.69, 9.17) is 4.74 Å². The van der Waals surface area contributed by atoms with Crippen molar-refractivity contribution in [3.8, 4) is 5.75 Å². The molecule has 0 spiro atoms. The highest BCUT2D eigenvalue weighted by molar-refractivity contribution is 5.90. The van der Waals surface area contributed by atoms with E-state index in [2.05, 4.69) is 4.74 Å². The van der Waals surface area contributed by atoms with Gasteiger partial charge in [0.1, 0.15) is 6.61 Å². The molecule has 0 radical (unpaired) electrons. The first kappa shape index (κ1) is 14.5. The van der Waals surface area contributed by atoms with Crippen molar-refractivity contribution in [2.45, 2.75) is 6.61 Å². The van der Waals surface area contributed by atoms with E-state index in [0.717, 1.165) is 11.6 Å². The average molecular weight is 287 g/mol. The molecule has 0 heterocycles. The summed E-state index contributed by atoms with van der Waals surface area (Å²) in [5, 5.41) is 11.1. The molecule has 0 saturated carbocycles. The Labute approximate surface area is 121 Å². The van der Waals surface area contributed by atoms with Gasteiger partial charge in [0.05, 0.1) is 17.6 Å². The second-order valence-electron chi connectivity index (χ2n) is 4.21. The molecule has 0 N–H and O–H groups in total. The Balaban J connectivity index is 2.22. The van der Waals surface area contributed by atoms with Gasteiger partial charge in [0.25, 0.3) is 0 Å². The molecular formula is C15H13NO5. The predicted octanol–water partition coefficient (Wildman–Crippen LogP) is 2.96. The van der Waals surface area contributed by atoms with Gasteiger partial charge in [-0.2, -0.15) is 0 Å². The van der Waals surface area contributed by atoms with E-state index in [-0.39, 0.29) is 23.6 Å². The maximum absolute atomic E-state index is 11.4. The Hall–Kier alpha value is -2.89. The highest BCUT2D eigenvalue weighted by atomic mass is 16.6. The lowest BCUT2D eigenvalue weighted by molar-refractivity contribution is -0.386. The van der Waals surface area contributed by atoms with E-state index in [1.165, 1.54) is 19.2 Å². The van der Waals surface area contributed by atoms with Crippen LogP contribution < -0.4 is 4.74 Å². The number of carbonyl (C=O) groups excluding carboxylic acids is 1. The van der Waals surface area contributed by atoms with Crippen LogP contribution in [0.3, 0.4) is 0 Å². The normalized spacial score (nSPS) is 9.95. The SMILES string of the molecule is COC(=O)c1ccc(OCc2ccccc2)c([N+](=O)[O-])c1. The molecule has 108 valence electrons. The second kappa shape index (κ2) is 6.51. The van der Waals surface area contributed by atoms with Crippen molar-refractivity contribution in [1.29, 1.82) is 0 Å². The maximum Gasteiger partial charge on any atom is 0.338 e. The number of nitro benzene ring substituents is 1. The highest BCUT2D eigenvalue weighted by Gasteiger charge is 2.19. The molecule has 6 nitrogen and oxygen atoms in total. The Morgan fingerprint density at radius 2 is 1.90 bits per heavy atom. The third-order valence-corrected chi connectivity index (χ3v) is 2.81. The largest absolute Gasteiger partial charge is 0.482 e. The van der Waals surface area contributed by atoms with E-state index >= 15 is 0 Å². The molecule has 0 aliphatic rings. The number of hydrogen-bond donors (Lipinski definition) is 0. The number of carbonyl (C=O) groups is 1. The van der Waals surface area contributed by atoms with Crippen molar-refractivity contribution in [1.82, 2.24) is 0 Å². The zero-order chi connectivity index (χ0) is 15.2. The van der Waals surface area contributed by atoms with Gasteiger partial charge in [-0.05, 0) is 17.7 Å². The standard InChI is InChI=1S/C15H13NO5/c1-20-15(17)12-7-8-14(13(9-12)16(18)19)21-10-11-5-3-2-4-6-11/h2-9H,10H2,1H3. The molecule has 21 heavy (non-hydrogen) atoms. The van der Waals surface area contributed by atoms with Gasteiger partial charge < -0.3 is 9.47 Å². The van der Waals surface area contributed by atoms with Crippen LogP contribution in [0.1, 0.15) is 15.9 Å². The number of ether oxygens (including phenoxy) is 2. The molecule has 2 rings (SSSR count). The first-order chi connectivity index (χ1) is 10.1. The van der Waals surface area contributed by atoms with Crippen molar-refractivity contribution >= 4 is 11.7 Å². The van der Waals surface area contributed by atoms with Gasteiger partial charge in [0, 0.05) is 6.07 Å². The minimum absolute atomic E-state index is 0.108. The molecule has 0 atom stereocenters. The smallest absolute Gasteiger partial charge is 0.338 e. The van der Waals surface area contributed by atoms with Gasteiger partial charge in [-0.1, -0.05) is 30.3 Å². The molecule has 0 saturated heterocycles. The lowest BCUT2D eigenvalue weighted by atomic mass is 10.2. The first-order valence-corrected chi connectivity index (χ1v) is 6.15. The van der Waals surface area contributed by atoms with E-state index < -0.39 is 10.9 Å². The van der Waals surface area contributed by atoms with Crippen molar-refractivity contribution in [2.75, 3.05) is 7.11 Å². The molecule has 0 fully saturated rings. The molecule has 0 unspecified atom stereocenters. The van der Waals surface area contributed by atoms with Crippen LogP contribution in [-0.4, -0.2) is 18.0 Å². The van der Waals surface area contributed by atoms with Crippen LogP contribution in [0, 0.1) is 10.1 Å².